The maximum absolute atomic E-state index is 13.4. The first-order chi connectivity index (χ1) is 22.5. The summed E-state index contributed by atoms with van der Waals surface area (Å²) in [5.74, 6) is -4.44. The van der Waals surface area contributed by atoms with E-state index in [0.717, 1.165) is 0 Å². The first kappa shape index (κ1) is 35.1. The molecule has 3 aromatic carbocycles. The number of allylic oxidation sites excluding steroid dienone is 2. The summed E-state index contributed by atoms with van der Waals surface area (Å²) < 4.78 is 22.2. The van der Waals surface area contributed by atoms with Crippen LogP contribution in [-0.2, 0) is 14.3 Å². The summed E-state index contributed by atoms with van der Waals surface area (Å²) in [6.45, 7) is 13.1. The first-order valence-electron chi connectivity index (χ1n) is 14.9. The third-order valence-corrected chi connectivity index (χ3v) is 8.75. The molecule has 2 N–H and O–H groups in total. The summed E-state index contributed by atoms with van der Waals surface area (Å²) in [6, 6.07) is 4.15. The van der Waals surface area contributed by atoms with E-state index in [1.165, 1.54) is 50.5 Å². The highest BCUT2D eigenvalue weighted by atomic mass is 16.5. The number of benzene rings is 3. The van der Waals surface area contributed by atoms with E-state index in [2.05, 4.69) is 0 Å². The molecule has 0 aromatic heterocycles. The van der Waals surface area contributed by atoms with E-state index in [9.17, 15) is 34.2 Å². The number of methoxy groups -OCH3 is 1. The topological polar surface area (TPSA) is 163 Å². The fourth-order valence-corrected chi connectivity index (χ4v) is 5.55. The lowest BCUT2D eigenvalue weighted by Gasteiger charge is -2.20. The van der Waals surface area contributed by atoms with Crippen molar-refractivity contribution in [1.29, 1.82) is 0 Å². The number of aromatic hydroxyl groups is 1. The Kier molecular flexibility index (Phi) is 9.93. The Morgan fingerprint density at radius 3 is 1.88 bits per heavy atom. The van der Waals surface area contributed by atoms with Crippen LogP contribution in [0.3, 0.4) is 0 Å². The quantitative estimate of drug-likeness (QED) is 0.210. The largest absolute Gasteiger partial charge is 0.507 e. The number of esters is 3. The Morgan fingerprint density at radius 2 is 1.29 bits per heavy atom. The molecule has 0 fully saturated rings. The van der Waals surface area contributed by atoms with E-state index in [0.29, 0.717) is 38.9 Å². The molecule has 11 nitrogen and oxygen atoms in total. The molecule has 0 heterocycles. The van der Waals surface area contributed by atoms with Crippen molar-refractivity contribution < 1.29 is 53.1 Å². The summed E-state index contributed by atoms with van der Waals surface area (Å²) in [7, 11) is 1.35. The number of aromatic carboxylic acids is 1. The summed E-state index contributed by atoms with van der Waals surface area (Å²) in [4.78, 5) is 63.0. The molecule has 0 aliphatic heterocycles. The second-order valence-electron chi connectivity index (χ2n) is 11.6. The Morgan fingerprint density at radius 1 is 0.708 bits per heavy atom. The first-order valence-corrected chi connectivity index (χ1v) is 14.9. The van der Waals surface area contributed by atoms with Gasteiger partial charge >= 0.3 is 23.9 Å². The van der Waals surface area contributed by atoms with Crippen LogP contribution in [0, 0.1) is 61.3 Å². The number of carboxylic acids is 1. The zero-order valence-electron chi connectivity index (χ0n) is 28.1. The van der Waals surface area contributed by atoms with E-state index in [-0.39, 0.29) is 51.0 Å². The molecule has 0 saturated carbocycles. The van der Waals surface area contributed by atoms with Gasteiger partial charge in [0.05, 0.1) is 18.2 Å². The van der Waals surface area contributed by atoms with Crippen molar-refractivity contribution in [3.8, 4) is 23.0 Å². The van der Waals surface area contributed by atoms with Crippen LogP contribution in [0.1, 0.15) is 75.6 Å². The van der Waals surface area contributed by atoms with Gasteiger partial charge in [0, 0.05) is 11.6 Å². The van der Waals surface area contributed by atoms with Gasteiger partial charge in [-0.2, -0.15) is 0 Å². The van der Waals surface area contributed by atoms with Gasteiger partial charge in [-0.15, -0.1) is 0 Å². The molecule has 1 atom stereocenters. The molecule has 3 aromatic rings. The van der Waals surface area contributed by atoms with Crippen LogP contribution in [0.4, 0.5) is 0 Å². The molecule has 0 spiro atoms. The monoisotopic (exact) mass is 656 g/mol. The fraction of sp³-hybridized carbons (Fsp3) is 0.270. The number of carbonyl (C=O) groups excluding carboxylic acids is 4. The van der Waals surface area contributed by atoms with Gasteiger partial charge in [0.2, 0.25) is 0 Å². The molecular weight excluding hydrogens is 620 g/mol. The number of carboxylic acid groups (broad SMARTS) is 1. The lowest BCUT2D eigenvalue weighted by atomic mass is 9.93. The predicted octanol–water partition coefficient (Wildman–Crippen LogP) is 6.19. The third-order valence-electron chi connectivity index (χ3n) is 8.75. The standard InChI is InChI=1S/C37H36O11/c1-16-14-27(17(2)20(5)32(16)47-35(42)25-11-10-24(38)15-29(25)45-9)37(44)46-28-13-12-26(31(39)23(28)8)36(43)48-33-21(6)18(3)30(34(40)41)19(4)22(33)7/h10-15,25,39H,1-9H3,(H,40,41). The summed E-state index contributed by atoms with van der Waals surface area (Å²) in [5, 5.41) is 20.6. The number of hydrogen-bond donors (Lipinski definition) is 2. The summed E-state index contributed by atoms with van der Waals surface area (Å²) in [6.07, 6.45) is 3.88. The molecule has 0 radical (unpaired) electrons. The van der Waals surface area contributed by atoms with Gasteiger partial charge in [0.25, 0.3) is 0 Å². The molecule has 250 valence electrons. The molecule has 1 aliphatic rings. The number of ketones is 1. The number of phenols is 1. The normalized spacial score (nSPS) is 13.9. The number of phenolic OH excluding ortho intramolecular Hbond substituents is 1. The van der Waals surface area contributed by atoms with Crippen LogP contribution >= 0.6 is 0 Å². The second kappa shape index (κ2) is 13.6. The molecule has 11 heteroatoms. The highest BCUT2D eigenvalue weighted by Crippen LogP contribution is 2.37. The average Bonchev–Trinajstić information content (AvgIpc) is 3.03. The van der Waals surface area contributed by atoms with E-state index >= 15 is 0 Å². The van der Waals surface area contributed by atoms with Gasteiger partial charge in [0.15, 0.2) is 5.78 Å². The minimum Gasteiger partial charge on any atom is -0.507 e. The Hall–Kier alpha value is -5.71. The Bertz CT molecular complexity index is 1950. The number of hydrogen-bond acceptors (Lipinski definition) is 10. The summed E-state index contributed by atoms with van der Waals surface area (Å²) >= 11 is 0. The fourth-order valence-electron chi connectivity index (χ4n) is 5.55. The highest BCUT2D eigenvalue weighted by molar-refractivity contribution is 6.02. The van der Waals surface area contributed by atoms with Gasteiger partial charge in [0.1, 0.15) is 40.2 Å². The Labute approximate surface area is 277 Å². The second-order valence-corrected chi connectivity index (χ2v) is 11.6. The van der Waals surface area contributed by atoms with Crippen molar-refractivity contribution in [2.24, 2.45) is 5.92 Å². The van der Waals surface area contributed by atoms with Gasteiger partial charge < -0.3 is 29.2 Å². The molecule has 1 unspecified atom stereocenters. The summed E-state index contributed by atoms with van der Waals surface area (Å²) in [5.41, 5.74) is 3.60. The van der Waals surface area contributed by atoms with Crippen LogP contribution in [0.5, 0.6) is 23.0 Å². The van der Waals surface area contributed by atoms with Crippen molar-refractivity contribution in [3.05, 3.63) is 103 Å². The van der Waals surface area contributed by atoms with E-state index < -0.39 is 35.5 Å². The zero-order valence-corrected chi connectivity index (χ0v) is 28.1. The molecule has 4 rings (SSSR count). The lowest BCUT2D eigenvalue weighted by Crippen LogP contribution is -2.25. The smallest absolute Gasteiger partial charge is 0.347 e. The van der Waals surface area contributed by atoms with Crippen molar-refractivity contribution in [2.45, 2.75) is 55.4 Å². The molecule has 0 bridgehead atoms. The highest BCUT2D eigenvalue weighted by Gasteiger charge is 2.29. The van der Waals surface area contributed by atoms with Gasteiger partial charge in [-0.25, -0.2) is 14.4 Å². The van der Waals surface area contributed by atoms with Crippen molar-refractivity contribution in [2.75, 3.05) is 7.11 Å². The zero-order chi connectivity index (χ0) is 35.8. The van der Waals surface area contributed by atoms with Crippen LogP contribution in [0.15, 0.2) is 42.2 Å². The van der Waals surface area contributed by atoms with Crippen molar-refractivity contribution >= 4 is 29.7 Å². The van der Waals surface area contributed by atoms with Crippen LogP contribution < -0.4 is 14.2 Å². The van der Waals surface area contributed by atoms with E-state index in [4.69, 9.17) is 18.9 Å². The molecule has 48 heavy (non-hydrogen) atoms. The number of aryl methyl sites for hydroxylation is 1. The van der Waals surface area contributed by atoms with Crippen molar-refractivity contribution in [1.82, 2.24) is 0 Å². The van der Waals surface area contributed by atoms with Gasteiger partial charge in [-0.3, -0.25) is 9.59 Å². The SMILES string of the molecule is COC1=CC(=O)C=CC1C(=O)Oc1c(C)cc(C(=O)Oc2ccc(C(=O)Oc3c(C)c(C)c(C(=O)O)c(C)c3C)c(O)c2C)c(C)c1C. The van der Waals surface area contributed by atoms with E-state index in [1.807, 2.05) is 0 Å². The average molecular weight is 657 g/mol. The van der Waals surface area contributed by atoms with E-state index in [1.54, 1.807) is 48.5 Å². The minimum atomic E-state index is -1.09. The third kappa shape index (κ3) is 6.44. The molecule has 0 amide bonds. The lowest BCUT2D eigenvalue weighted by molar-refractivity contribution is -0.137. The molecular formula is C37H36O11. The predicted molar refractivity (Wildman–Crippen MR) is 174 cm³/mol. The molecule has 0 saturated heterocycles. The van der Waals surface area contributed by atoms with Crippen molar-refractivity contribution in [3.63, 3.8) is 0 Å². The molecule has 1 aliphatic carbocycles. The van der Waals surface area contributed by atoms with Crippen LogP contribution in [0.2, 0.25) is 0 Å². The number of carbonyl (C=O) groups is 5. The van der Waals surface area contributed by atoms with Crippen LogP contribution in [0.25, 0.3) is 0 Å². The maximum atomic E-state index is 13.4. The number of ether oxygens (including phenoxy) is 4. The van der Waals surface area contributed by atoms with Gasteiger partial charge in [-0.1, -0.05) is 6.08 Å². The Balaban J connectivity index is 1.56. The van der Waals surface area contributed by atoms with Gasteiger partial charge in [-0.05, 0) is 119 Å². The van der Waals surface area contributed by atoms with Crippen LogP contribution in [-0.4, -0.2) is 47.0 Å². The maximum Gasteiger partial charge on any atom is 0.347 e. The minimum absolute atomic E-state index is 0.00152. The number of rotatable bonds is 8.